The van der Waals surface area contributed by atoms with Crippen molar-refractivity contribution in [3.8, 4) is 0 Å². The van der Waals surface area contributed by atoms with Crippen LogP contribution in [0.5, 0.6) is 0 Å². The van der Waals surface area contributed by atoms with E-state index in [0.717, 1.165) is 18.9 Å². The minimum Gasteiger partial charge on any atom is -0.480 e. The summed E-state index contributed by atoms with van der Waals surface area (Å²) in [6, 6.07) is 0.411. The maximum atomic E-state index is 11.4. The smallest absolute Gasteiger partial charge is 0.320 e. The zero-order chi connectivity index (χ0) is 11.8. The molecule has 3 fully saturated rings. The molecular weight excluding hydrogens is 214 g/mol. The summed E-state index contributed by atoms with van der Waals surface area (Å²) in [7, 11) is 0. The molecule has 1 aliphatic heterocycles. The lowest BCUT2D eigenvalue weighted by Crippen LogP contribution is -2.45. The molecule has 96 valence electrons. The normalized spacial score (nSPS) is 38.7. The zero-order valence-corrected chi connectivity index (χ0v) is 10.5. The molecule has 1 heterocycles. The highest BCUT2D eigenvalue weighted by atomic mass is 16.4. The van der Waals surface area contributed by atoms with Crippen LogP contribution in [0.15, 0.2) is 0 Å². The van der Waals surface area contributed by atoms with Gasteiger partial charge in [-0.25, -0.2) is 0 Å². The van der Waals surface area contributed by atoms with Crippen LogP contribution < -0.4 is 0 Å². The van der Waals surface area contributed by atoms with Crippen molar-refractivity contribution in [3.05, 3.63) is 0 Å². The number of hydrogen-bond donors (Lipinski definition) is 1. The molecule has 3 nitrogen and oxygen atoms in total. The second kappa shape index (κ2) is 4.60. The lowest BCUT2D eigenvalue weighted by molar-refractivity contribution is -0.143. The third-order valence-corrected chi connectivity index (χ3v) is 5.20. The van der Waals surface area contributed by atoms with E-state index < -0.39 is 5.97 Å². The standard InChI is InChI=1S/C14H23NO2/c16-14(17)13-8-11-6-1-2-7-12(11)15(13)9-10-4-3-5-10/h10-13H,1-9H2,(H,16,17). The Morgan fingerprint density at radius 1 is 1.12 bits per heavy atom. The van der Waals surface area contributed by atoms with Gasteiger partial charge in [-0.05, 0) is 43.9 Å². The van der Waals surface area contributed by atoms with E-state index in [1.807, 2.05) is 0 Å². The van der Waals surface area contributed by atoms with E-state index in [2.05, 4.69) is 4.90 Å². The van der Waals surface area contributed by atoms with Crippen LogP contribution in [0.25, 0.3) is 0 Å². The van der Waals surface area contributed by atoms with Gasteiger partial charge in [-0.3, -0.25) is 9.69 Å². The number of likely N-dealkylation sites (tertiary alicyclic amines) is 1. The minimum absolute atomic E-state index is 0.177. The van der Waals surface area contributed by atoms with Gasteiger partial charge in [-0.2, -0.15) is 0 Å². The molecule has 0 aromatic carbocycles. The van der Waals surface area contributed by atoms with Crippen LogP contribution in [0.1, 0.15) is 51.4 Å². The molecule has 2 aliphatic carbocycles. The van der Waals surface area contributed by atoms with Gasteiger partial charge in [0.2, 0.25) is 0 Å². The first-order valence-electron chi connectivity index (χ1n) is 7.24. The summed E-state index contributed by atoms with van der Waals surface area (Å²) in [6.07, 6.45) is 10.0. The molecule has 1 saturated heterocycles. The summed E-state index contributed by atoms with van der Waals surface area (Å²) in [6.45, 7) is 1.05. The predicted octanol–water partition coefficient (Wildman–Crippen LogP) is 2.50. The fourth-order valence-electron chi connectivity index (χ4n) is 4.03. The highest BCUT2D eigenvalue weighted by Crippen LogP contribution is 2.41. The number of hydrogen-bond acceptors (Lipinski definition) is 2. The highest BCUT2D eigenvalue weighted by molar-refractivity contribution is 5.74. The Balaban J connectivity index is 1.72. The summed E-state index contributed by atoms with van der Waals surface area (Å²) < 4.78 is 0. The molecule has 2 saturated carbocycles. The van der Waals surface area contributed by atoms with Crippen molar-refractivity contribution in [2.24, 2.45) is 11.8 Å². The molecule has 3 aliphatic rings. The van der Waals surface area contributed by atoms with Gasteiger partial charge in [0.25, 0.3) is 0 Å². The lowest BCUT2D eigenvalue weighted by Gasteiger charge is -2.37. The van der Waals surface area contributed by atoms with Crippen LogP contribution in [0.3, 0.4) is 0 Å². The number of carboxylic acid groups (broad SMARTS) is 1. The van der Waals surface area contributed by atoms with Crippen molar-refractivity contribution < 1.29 is 9.90 Å². The van der Waals surface area contributed by atoms with Gasteiger partial charge in [-0.1, -0.05) is 19.3 Å². The Hall–Kier alpha value is -0.570. The van der Waals surface area contributed by atoms with E-state index in [1.165, 1.54) is 44.9 Å². The Morgan fingerprint density at radius 2 is 1.88 bits per heavy atom. The SMILES string of the molecule is O=C(O)C1CC2CCCCC2N1CC1CCC1. The molecule has 0 bridgehead atoms. The summed E-state index contributed by atoms with van der Waals surface area (Å²) in [5, 5.41) is 9.39. The Labute approximate surface area is 103 Å². The Kier molecular flexibility index (Phi) is 3.12. The van der Waals surface area contributed by atoms with E-state index in [4.69, 9.17) is 0 Å². The van der Waals surface area contributed by atoms with Crippen molar-refractivity contribution >= 4 is 5.97 Å². The monoisotopic (exact) mass is 237 g/mol. The first-order valence-corrected chi connectivity index (χ1v) is 7.24. The fourth-order valence-corrected chi connectivity index (χ4v) is 4.03. The molecule has 0 radical (unpaired) electrons. The van der Waals surface area contributed by atoms with Crippen LogP contribution >= 0.6 is 0 Å². The molecule has 3 unspecified atom stereocenters. The third kappa shape index (κ3) is 2.10. The van der Waals surface area contributed by atoms with Gasteiger partial charge >= 0.3 is 5.97 Å². The minimum atomic E-state index is -0.585. The van der Waals surface area contributed by atoms with E-state index in [1.54, 1.807) is 0 Å². The topological polar surface area (TPSA) is 40.5 Å². The fraction of sp³-hybridized carbons (Fsp3) is 0.929. The van der Waals surface area contributed by atoms with Crippen molar-refractivity contribution in [2.45, 2.75) is 63.5 Å². The average molecular weight is 237 g/mol. The number of carboxylic acids is 1. The molecule has 0 aromatic heterocycles. The van der Waals surface area contributed by atoms with Gasteiger partial charge in [0.05, 0.1) is 0 Å². The first-order chi connectivity index (χ1) is 8.25. The van der Waals surface area contributed by atoms with E-state index in [-0.39, 0.29) is 6.04 Å². The molecule has 3 rings (SSSR count). The van der Waals surface area contributed by atoms with Crippen LogP contribution in [-0.2, 0) is 4.79 Å². The zero-order valence-electron chi connectivity index (χ0n) is 10.5. The number of aliphatic carboxylic acids is 1. The van der Waals surface area contributed by atoms with Crippen LogP contribution in [0.2, 0.25) is 0 Å². The van der Waals surface area contributed by atoms with Crippen molar-refractivity contribution in [2.75, 3.05) is 6.54 Å². The van der Waals surface area contributed by atoms with Crippen molar-refractivity contribution in [1.29, 1.82) is 0 Å². The molecule has 0 amide bonds. The quantitative estimate of drug-likeness (QED) is 0.820. The molecule has 3 atom stereocenters. The average Bonchev–Trinajstić information content (AvgIpc) is 2.62. The molecule has 0 spiro atoms. The van der Waals surface area contributed by atoms with Gasteiger partial charge in [0.15, 0.2) is 0 Å². The summed E-state index contributed by atoms with van der Waals surface area (Å²) in [5.41, 5.74) is 0. The lowest BCUT2D eigenvalue weighted by atomic mass is 9.83. The van der Waals surface area contributed by atoms with E-state index in [0.29, 0.717) is 12.0 Å². The molecular formula is C14H23NO2. The first kappa shape index (κ1) is 11.5. The largest absolute Gasteiger partial charge is 0.480 e. The number of rotatable bonds is 3. The van der Waals surface area contributed by atoms with E-state index in [9.17, 15) is 9.90 Å². The van der Waals surface area contributed by atoms with Crippen LogP contribution in [-0.4, -0.2) is 34.6 Å². The Morgan fingerprint density at radius 3 is 2.53 bits per heavy atom. The molecule has 1 N–H and O–H groups in total. The van der Waals surface area contributed by atoms with Crippen molar-refractivity contribution in [3.63, 3.8) is 0 Å². The maximum absolute atomic E-state index is 11.4. The van der Waals surface area contributed by atoms with Gasteiger partial charge in [-0.15, -0.1) is 0 Å². The predicted molar refractivity (Wildman–Crippen MR) is 65.8 cm³/mol. The van der Waals surface area contributed by atoms with E-state index >= 15 is 0 Å². The second-order valence-electron chi connectivity index (χ2n) is 6.20. The number of nitrogens with zero attached hydrogens (tertiary/aromatic N) is 1. The maximum Gasteiger partial charge on any atom is 0.320 e. The summed E-state index contributed by atoms with van der Waals surface area (Å²) in [5.74, 6) is 0.876. The Bertz CT molecular complexity index is 301. The molecule has 3 heteroatoms. The molecule has 17 heavy (non-hydrogen) atoms. The second-order valence-corrected chi connectivity index (χ2v) is 6.20. The highest BCUT2D eigenvalue weighted by Gasteiger charge is 2.45. The number of carbonyl (C=O) groups is 1. The summed E-state index contributed by atoms with van der Waals surface area (Å²) in [4.78, 5) is 13.8. The third-order valence-electron chi connectivity index (χ3n) is 5.20. The van der Waals surface area contributed by atoms with Crippen LogP contribution in [0.4, 0.5) is 0 Å². The molecule has 0 aromatic rings. The van der Waals surface area contributed by atoms with Gasteiger partial charge < -0.3 is 5.11 Å². The van der Waals surface area contributed by atoms with Gasteiger partial charge in [0.1, 0.15) is 6.04 Å². The van der Waals surface area contributed by atoms with Crippen LogP contribution in [0, 0.1) is 11.8 Å². The van der Waals surface area contributed by atoms with Gasteiger partial charge in [0, 0.05) is 12.6 Å². The number of fused-ring (bicyclic) bond motifs is 1. The summed E-state index contributed by atoms with van der Waals surface area (Å²) >= 11 is 0. The van der Waals surface area contributed by atoms with Crippen molar-refractivity contribution in [1.82, 2.24) is 4.90 Å².